The molecule has 1 heterocycles. The third-order valence-corrected chi connectivity index (χ3v) is 4.43. The average Bonchev–Trinajstić information content (AvgIpc) is 2.90. The van der Waals surface area contributed by atoms with E-state index in [0.717, 1.165) is 43.1 Å². The van der Waals surface area contributed by atoms with E-state index in [1.165, 1.54) is 16.7 Å². The zero-order valence-corrected chi connectivity index (χ0v) is 13.1. The molecule has 1 atom stereocenters. The monoisotopic (exact) mass is 281 g/mol. The van der Waals surface area contributed by atoms with Gasteiger partial charge in [0.05, 0.1) is 0 Å². The lowest BCUT2D eigenvalue weighted by molar-refractivity contribution is 0.682. The molecular weight excluding hydrogens is 258 g/mol. The highest BCUT2D eigenvalue weighted by Gasteiger charge is 2.26. The zero-order chi connectivity index (χ0) is 14.8. The zero-order valence-electron chi connectivity index (χ0n) is 13.1. The van der Waals surface area contributed by atoms with Crippen LogP contribution in [-0.2, 0) is 13.0 Å². The molecule has 1 aromatic heterocycles. The van der Waals surface area contributed by atoms with Gasteiger partial charge in [-0.3, -0.25) is 0 Å². The molecule has 0 spiro atoms. The highest BCUT2D eigenvalue weighted by Crippen LogP contribution is 2.36. The number of rotatable bonds is 4. The smallest absolute Gasteiger partial charge is 0.136 e. The predicted molar refractivity (Wildman–Crippen MR) is 85.5 cm³/mol. The van der Waals surface area contributed by atoms with Crippen LogP contribution in [0.25, 0.3) is 0 Å². The van der Waals surface area contributed by atoms with Crippen LogP contribution in [0.3, 0.4) is 0 Å². The fraction of sp³-hybridized carbons (Fsp3) is 0.444. The summed E-state index contributed by atoms with van der Waals surface area (Å²) in [5.74, 6) is 1.36. The molecule has 0 bridgehead atoms. The van der Waals surface area contributed by atoms with Crippen molar-refractivity contribution >= 4 is 0 Å². The van der Waals surface area contributed by atoms with Crippen molar-refractivity contribution in [3.8, 4) is 0 Å². The second-order valence-corrected chi connectivity index (χ2v) is 5.80. The Labute approximate surface area is 126 Å². The quantitative estimate of drug-likeness (QED) is 0.934. The van der Waals surface area contributed by atoms with Crippen molar-refractivity contribution in [3.05, 3.63) is 58.2 Å². The number of hydrogen-bond acceptors (Lipinski definition) is 3. The predicted octanol–water partition coefficient (Wildman–Crippen LogP) is 3.28. The van der Waals surface area contributed by atoms with Crippen molar-refractivity contribution in [1.82, 2.24) is 15.3 Å². The summed E-state index contributed by atoms with van der Waals surface area (Å²) in [6.07, 6.45) is 2.27. The van der Waals surface area contributed by atoms with Crippen molar-refractivity contribution < 1.29 is 0 Å². The van der Waals surface area contributed by atoms with E-state index < -0.39 is 0 Å². The molecule has 0 amide bonds. The Morgan fingerprint density at radius 1 is 1.14 bits per heavy atom. The normalized spacial score (nSPS) is 17.0. The Hall–Kier alpha value is -1.74. The summed E-state index contributed by atoms with van der Waals surface area (Å²) in [5.41, 5.74) is 6.34. The van der Waals surface area contributed by atoms with Gasteiger partial charge in [-0.2, -0.15) is 0 Å². The van der Waals surface area contributed by atoms with E-state index in [9.17, 15) is 0 Å². The first-order valence-corrected chi connectivity index (χ1v) is 7.83. The Bertz CT molecular complexity index is 626. The van der Waals surface area contributed by atoms with Gasteiger partial charge >= 0.3 is 0 Å². The summed E-state index contributed by atoms with van der Waals surface area (Å²) in [6, 6.07) is 8.71. The van der Waals surface area contributed by atoms with Gasteiger partial charge in [0.25, 0.3) is 0 Å². The first kappa shape index (κ1) is 14.2. The summed E-state index contributed by atoms with van der Waals surface area (Å²) in [6.45, 7) is 8.15. The molecule has 3 heteroatoms. The van der Waals surface area contributed by atoms with Gasteiger partial charge in [0.15, 0.2) is 0 Å². The number of fused-ring (bicyclic) bond motifs is 1. The van der Waals surface area contributed by atoms with E-state index in [2.05, 4.69) is 50.4 Å². The number of aromatic nitrogens is 2. The molecule has 0 saturated heterocycles. The molecule has 0 saturated carbocycles. The molecule has 2 aromatic rings. The van der Waals surface area contributed by atoms with Gasteiger partial charge in [-0.1, -0.05) is 31.2 Å². The van der Waals surface area contributed by atoms with Crippen LogP contribution in [0.5, 0.6) is 0 Å². The standard InChI is InChI=1S/C18H23N3/c1-4-19-11-17-12(2)20-18(21-13(17)3)16-10-9-14-7-5-6-8-15(14)16/h5-8,16,19H,4,9-11H2,1-3H3. The van der Waals surface area contributed by atoms with Crippen LogP contribution < -0.4 is 5.32 Å². The molecule has 1 N–H and O–H groups in total. The SMILES string of the molecule is CCNCc1c(C)nc(C2CCc3ccccc32)nc1C. The van der Waals surface area contributed by atoms with Crippen LogP contribution in [-0.4, -0.2) is 16.5 Å². The van der Waals surface area contributed by atoms with Crippen LogP contribution in [0.4, 0.5) is 0 Å². The molecule has 1 aliphatic carbocycles. The van der Waals surface area contributed by atoms with Gasteiger partial charge in [0.1, 0.15) is 5.82 Å². The third-order valence-electron chi connectivity index (χ3n) is 4.43. The summed E-state index contributed by atoms with van der Waals surface area (Å²) in [4.78, 5) is 9.63. The first-order valence-electron chi connectivity index (χ1n) is 7.83. The first-order chi connectivity index (χ1) is 10.2. The lowest BCUT2D eigenvalue weighted by atomic mass is 10.00. The Balaban J connectivity index is 1.94. The lowest BCUT2D eigenvalue weighted by Gasteiger charge is -2.15. The van der Waals surface area contributed by atoms with E-state index in [4.69, 9.17) is 9.97 Å². The van der Waals surface area contributed by atoms with E-state index in [1.54, 1.807) is 0 Å². The maximum atomic E-state index is 4.82. The number of aryl methyl sites for hydroxylation is 3. The van der Waals surface area contributed by atoms with Crippen LogP contribution in [0.1, 0.15) is 53.2 Å². The fourth-order valence-corrected chi connectivity index (χ4v) is 3.25. The van der Waals surface area contributed by atoms with Crippen molar-refractivity contribution in [2.24, 2.45) is 0 Å². The fourth-order valence-electron chi connectivity index (χ4n) is 3.25. The third kappa shape index (κ3) is 2.70. The van der Waals surface area contributed by atoms with Gasteiger partial charge in [0.2, 0.25) is 0 Å². The minimum atomic E-state index is 0.367. The molecule has 1 unspecified atom stereocenters. The van der Waals surface area contributed by atoms with Crippen LogP contribution in [0.2, 0.25) is 0 Å². The molecule has 0 aliphatic heterocycles. The van der Waals surface area contributed by atoms with Gasteiger partial charge in [0, 0.05) is 29.4 Å². The summed E-state index contributed by atoms with van der Waals surface area (Å²) >= 11 is 0. The molecule has 21 heavy (non-hydrogen) atoms. The van der Waals surface area contributed by atoms with Crippen molar-refractivity contribution in [3.63, 3.8) is 0 Å². The second kappa shape index (κ2) is 5.94. The number of benzene rings is 1. The van der Waals surface area contributed by atoms with Crippen molar-refractivity contribution in [1.29, 1.82) is 0 Å². The van der Waals surface area contributed by atoms with Crippen LogP contribution >= 0.6 is 0 Å². The molecule has 3 nitrogen and oxygen atoms in total. The van der Waals surface area contributed by atoms with Gasteiger partial charge in [-0.05, 0) is 44.4 Å². The van der Waals surface area contributed by atoms with E-state index in [0.29, 0.717) is 5.92 Å². The van der Waals surface area contributed by atoms with E-state index in [1.807, 2.05) is 0 Å². The summed E-state index contributed by atoms with van der Waals surface area (Å²) < 4.78 is 0. The van der Waals surface area contributed by atoms with E-state index >= 15 is 0 Å². The minimum absolute atomic E-state index is 0.367. The largest absolute Gasteiger partial charge is 0.313 e. The minimum Gasteiger partial charge on any atom is -0.313 e. The second-order valence-electron chi connectivity index (χ2n) is 5.80. The maximum absolute atomic E-state index is 4.82. The number of nitrogens with zero attached hydrogens (tertiary/aromatic N) is 2. The van der Waals surface area contributed by atoms with Crippen molar-refractivity contribution in [2.45, 2.75) is 46.1 Å². The van der Waals surface area contributed by atoms with E-state index in [-0.39, 0.29) is 0 Å². The van der Waals surface area contributed by atoms with Crippen LogP contribution in [0, 0.1) is 13.8 Å². The van der Waals surface area contributed by atoms with Crippen LogP contribution in [0.15, 0.2) is 24.3 Å². The van der Waals surface area contributed by atoms with Gasteiger partial charge < -0.3 is 5.32 Å². The Morgan fingerprint density at radius 2 is 1.86 bits per heavy atom. The molecule has 0 radical (unpaired) electrons. The number of hydrogen-bond donors (Lipinski definition) is 1. The highest BCUT2D eigenvalue weighted by molar-refractivity contribution is 5.39. The molecule has 1 aromatic carbocycles. The van der Waals surface area contributed by atoms with Gasteiger partial charge in [-0.25, -0.2) is 9.97 Å². The summed E-state index contributed by atoms with van der Waals surface area (Å²) in [7, 11) is 0. The Morgan fingerprint density at radius 3 is 2.57 bits per heavy atom. The molecule has 0 fully saturated rings. The lowest BCUT2D eigenvalue weighted by Crippen LogP contribution is -2.17. The summed E-state index contributed by atoms with van der Waals surface area (Å²) in [5, 5.41) is 3.37. The molecule has 110 valence electrons. The maximum Gasteiger partial charge on any atom is 0.136 e. The molecule has 1 aliphatic rings. The van der Waals surface area contributed by atoms with Gasteiger partial charge in [-0.15, -0.1) is 0 Å². The molecule has 3 rings (SSSR count). The number of nitrogens with one attached hydrogen (secondary N) is 1. The van der Waals surface area contributed by atoms with Crippen molar-refractivity contribution in [2.75, 3.05) is 6.54 Å². The average molecular weight is 281 g/mol. The molecular formula is C18H23N3. The Kier molecular flexibility index (Phi) is 4.02. The topological polar surface area (TPSA) is 37.8 Å². The highest BCUT2D eigenvalue weighted by atomic mass is 14.9.